The van der Waals surface area contributed by atoms with Gasteiger partial charge in [0.2, 0.25) is 0 Å². The Balaban J connectivity index is 1.55. The summed E-state index contributed by atoms with van der Waals surface area (Å²) in [7, 11) is 1.55. The van der Waals surface area contributed by atoms with Crippen molar-refractivity contribution in [1.29, 1.82) is 0 Å². The number of hydrogen-bond acceptors (Lipinski definition) is 5. The highest BCUT2D eigenvalue weighted by molar-refractivity contribution is 5.67. The fourth-order valence-corrected chi connectivity index (χ4v) is 3.92. The third kappa shape index (κ3) is 7.62. The molecule has 0 spiro atoms. The minimum Gasteiger partial charge on any atom is -0.445 e. The molecule has 2 aromatic carbocycles. The van der Waals surface area contributed by atoms with Crippen LogP contribution in [0.1, 0.15) is 30.4 Å². The lowest BCUT2D eigenvalue weighted by atomic mass is 10.1. The van der Waals surface area contributed by atoms with Gasteiger partial charge in [-0.05, 0) is 30.4 Å². The van der Waals surface area contributed by atoms with Gasteiger partial charge in [-0.3, -0.25) is 4.90 Å². The van der Waals surface area contributed by atoms with Crippen molar-refractivity contribution in [3.63, 3.8) is 0 Å². The number of amides is 1. The smallest absolute Gasteiger partial charge is 0.407 e. The molecule has 0 saturated carbocycles. The Morgan fingerprint density at radius 2 is 1.81 bits per heavy atom. The highest BCUT2D eigenvalue weighted by Gasteiger charge is 2.31. The number of alkyl carbamates (subject to hydrolysis) is 1. The van der Waals surface area contributed by atoms with Crippen LogP contribution in [0.5, 0.6) is 0 Å². The molecule has 1 aliphatic heterocycles. The molecular weight excluding hydrogens is 404 g/mol. The highest BCUT2D eigenvalue weighted by Crippen LogP contribution is 2.22. The van der Waals surface area contributed by atoms with Gasteiger partial charge in [0.1, 0.15) is 19.0 Å². The Kier molecular flexibility index (Phi) is 9.47. The first-order valence-corrected chi connectivity index (χ1v) is 11.1. The normalized spacial score (nSPS) is 19.7. The maximum atomic E-state index is 12.3. The van der Waals surface area contributed by atoms with Gasteiger partial charge in [-0.25, -0.2) is 4.79 Å². The molecule has 0 aromatic heterocycles. The molecule has 3 rings (SSSR count). The lowest BCUT2D eigenvalue weighted by Crippen LogP contribution is -2.37. The van der Waals surface area contributed by atoms with E-state index in [1.807, 2.05) is 48.5 Å². The maximum absolute atomic E-state index is 12.3. The SMILES string of the molecule is COC(C=O)CCC=C[C@@H]1C[C@@H](NC(=O)OCc2ccccc2)CN1Cc1ccccc1. The number of likely N-dealkylation sites (tertiary alicyclic amines) is 1. The van der Waals surface area contributed by atoms with Crippen LogP contribution >= 0.6 is 0 Å². The summed E-state index contributed by atoms with van der Waals surface area (Å²) < 4.78 is 10.5. The predicted octanol–water partition coefficient (Wildman–Crippen LogP) is 4.11. The molecule has 6 nitrogen and oxygen atoms in total. The maximum Gasteiger partial charge on any atom is 0.407 e. The quantitative estimate of drug-likeness (QED) is 0.424. The summed E-state index contributed by atoms with van der Waals surface area (Å²) >= 11 is 0. The highest BCUT2D eigenvalue weighted by atomic mass is 16.5. The molecule has 0 aliphatic carbocycles. The number of nitrogens with zero attached hydrogens (tertiary/aromatic N) is 1. The van der Waals surface area contributed by atoms with Crippen LogP contribution in [-0.2, 0) is 27.4 Å². The molecule has 1 amide bonds. The summed E-state index contributed by atoms with van der Waals surface area (Å²) in [5.74, 6) is 0. The summed E-state index contributed by atoms with van der Waals surface area (Å²) in [6.07, 6.45) is 6.61. The van der Waals surface area contributed by atoms with Gasteiger partial charge in [0, 0.05) is 32.3 Å². The molecule has 0 bridgehead atoms. The van der Waals surface area contributed by atoms with E-state index in [-0.39, 0.29) is 24.8 Å². The molecule has 0 radical (unpaired) electrons. The van der Waals surface area contributed by atoms with Crippen molar-refractivity contribution in [3.8, 4) is 0 Å². The largest absolute Gasteiger partial charge is 0.445 e. The first-order valence-electron chi connectivity index (χ1n) is 11.1. The van der Waals surface area contributed by atoms with Crippen LogP contribution < -0.4 is 5.32 Å². The molecule has 1 unspecified atom stereocenters. The van der Waals surface area contributed by atoms with Crippen LogP contribution in [0.4, 0.5) is 4.79 Å². The van der Waals surface area contributed by atoms with Crippen molar-refractivity contribution in [3.05, 3.63) is 83.9 Å². The van der Waals surface area contributed by atoms with Crippen molar-refractivity contribution < 1.29 is 19.1 Å². The van der Waals surface area contributed by atoms with E-state index < -0.39 is 6.09 Å². The zero-order valence-electron chi connectivity index (χ0n) is 18.6. The number of ether oxygens (including phenoxy) is 2. The van der Waals surface area contributed by atoms with E-state index in [0.717, 1.165) is 37.8 Å². The Hall–Kier alpha value is -2.96. The van der Waals surface area contributed by atoms with Gasteiger partial charge in [0.05, 0.1) is 0 Å². The molecule has 1 saturated heterocycles. The van der Waals surface area contributed by atoms with Crippen molar-refractivity contribution in [1.82, 2.24) is 10.2 Å². The predicted molar refractivity (Wildman–Crippen MR) is 124 cm³/mol. The van der Waals surface area contributed by atoms with Gasteiger partial charge < -0.3 is 19.6 Å². The number of rotatable bonds is 11. The zero-order valence-corrected chi connectivity index (χ0v) is 18.6. The molecule has 32 heavy (non-hydrogen) atoms. The van der Waals surface area contributed by atoms with Crippen molar-refractivity contribution in [2.45, 2.75) is 50.6 Å². The van der Waals surface area contributed by atoms with Crippen LogP contribution in [0.15, 0.2) is 72.8 Å². The molecule has 3 atom stereocenters. The van der Waals surface area contributed by atoms with E-state index in [2.05, 4.69) is 34.5 Å². The Morgan fingerprint density at radius 1 is 1.12 bits per heavy atom. The molecule has 1 fully saturated rings. The molecule has 170 valence electrons. The summed E-state index contributed by atoms with van der Waals surface area (Å²) in [6, 6.07) is 20.2. The van der Waals surface area contributed by atoms with E-state index >= 15 is 0 Å². The third-order valence-electron chi connectivity index (χ3n) is 5.64. The number of benzene rings is 2. The van der Waals surface area contributed by atoms with Crippen molar-refractivity contribution in [2.75, 3.05) is 13.7 Å². The minimum atomic E-state index is -0.392. The number of carbonyl (C=O) groups excluding carboxylic acids is 2. The van der Waals surface area contributed by atoms with E-state index in [4.69, 9.17) is 9.47 Å². The van der Waals surface area contributed by atoms with Gasteiger partial charge >= 0.3 is 6.09 Å². The van der Waals surface area contributed by atoms with E-state index in [0.29, 0.717) is 6.42 Å². The second-order valence-electron chi connectivity index (χ2n) is 8.04. The van der Waals surface area contributed by atoms with Crippen LogP contribution in [0.3, 0.4) is 0 Å². The fourth-order valence-electron chi connectivity index (χ4n) is 3.92. The Labute approximate surface area is 190 Å². The van der Waals surface area contributed by atoms with Crippen LogP contribution in [0.25, 0.3) is 0 Å². The second-order valence-corrected chi connectivity index (χ2v) is 8.04. The van der Waals surface area contributed by atoms with Crippen LogP contribution in [-0.4, -0.2) is 49.1 Å². The standard InChI is InChI=1S/C26H32N2O4/c1-31-25(19-29)15-9-8-14-24-16-23(18-28(24)17-21-10-4-2-5-11-21)27-26(30)32-20-22-12-6-3-7-13-22/h2-8,10-14,19,23-25H,9,15-18,20H2,1H3,(H,27,30)/t23-,24-,25?/m1/s1. The molecular formula is C26H32N2O4. The van der Waals surface area contributed by atoms with Gasteiger partial charge in [0.25, 0.3) is 0 Å². The molecule has 2 aromatic rings. The van der Waals surface area contributed by atoms with Crippen molar-refractivity contribution in [2.24, 2.45) is 0 Å². The number of hydrogen-bond donors (Lipinski definition) is 1. The number of aldehydes is 1. The molecule has 1 heterocycles. The number of carbonyl (C=O) groups is 2. The molecule has 1 N–H and O–H groups in total. The summed E-state index contributed by atoms with van der Waals surface area (Å²) in [5.41, 5.74) is 2.20. The van der Waals surface area contributed by atoms with E-state index in [9.17, 15) is 9.59 Å². The minimum absolute atomic E-state index is 0.0123. The third-order valence-corrected chi connectivity index (χ3v) is 5.64. The second kappa shape index (κ2) is 12.8. The summed E-state index contributed by atoms with van der Waals surface area (Å²) in [4.78, 5) is 25.6. The lowest BCUT2D eigenvalue weighted by Gasteiger charge is -2.22. The van der Waals surface area contributed by atoms with E-state index in [1.165, 1.54) is 5.56 Å². The average Bonchev–Trinajstić information content (AvgIpc) is 3.19. The number of methoxy groups -OCH3 is 1. The summed E-state index contributed by atoms with van der Waals surface area (Å²) in [5, 5.41) is 3.02. The van der Waals surface area contributed by atoms with Crippen LogP contribution in [0, 0.1) is 0 Å². The summed E-state index contributed by atoms with van der Waals surface area (Å²) in [6.45, 7) is 1.81. The topological polar surface area (TPSA) is 67.9 Å². The van der Waals surface area contributed by atoms with Gasteiger partial charge in [-0.15, -0.1) is 0 Å². The fraction of sp³-hybridized carbons (Fsp3) is 0.385. The van der Waals surface area contributed by atoms with Crippen LogP contribution in [0.2, 0.25) is 0 Å². The Bertz CT molecular complexity index is 857. The van der Waals surface area contributed by atoms with Crippen molar-refractivity contribution >= 4 is 12.4 Å². The lowest BCUT2D eigenvalue weighted by molar-refractivity contribution is -0.116. The number of nitrogens with one attached hydrogen (secondary N) is 1. The molecule has 1 aliphatic rings. The number of allylic oxidation sites excluding steroid dienone is 1. The zero-order chi connectivity index (χ0) is 22.6. The van der Waals surface area contributed by atoms with Gasteiger partial charge in [0.15, 0.2) is 0 Å². The Morgan fingerprint density at radius 3 is 2.47 bits per heavy atom. The molecule has 6 heteroatoms. The van der Waals surface area contributed by atoms with Gasteiger partial charge in [-0.2, -0.15) is 0 Å². The average molecular weight is 437 g/mol. The van der Waals surface area contributed by atoms with Gasteiger partial charge in [-0.1, -0.05) is 72.8 Å². The first-order chi connectivity index (χ1) is 15.7. The monoisotopic (exact) mass is 436 g/mol. The van der Waals surface area contributed by atoms with E-state index in [1.54, 1.807) is 7.11 Å². The first kappa shape index (κ1) is 23.7.